The minimum Gasteiger partial charge on any atom is -0.387 e. The Labute approximate surface area is 145 Å². The van der Waals surface area contributed by atoms with Gasteiger partial charge in [-0.05, 0) is 35.0 Å². The number of hydrogen-bond acceptors (Lipinski definition) is 5. The Morgan fingerprint density at radius 2 is 2.00 bits per heavy atom. The summed E-state index contributed by atoms with van der Waals surface area (Å²) in [6, 6.07) is 16.3. The van der Waals surface area contributed by atoms with E-state index in [1.807, 2.05) is 43.3 Å². The van der Waals surface area contributed by atoms with Crippen molar-refractivity contribution in [3.8, 4) is 11.4 Å². The van der Waals surface area contributed by atoms with E-state index in [-0.39, 0.29) is 12.5 Å². The summed E-state index contributed by atoms with van der Waals surface area (Å²) in [5, 5.41) is 24.5. The molecular weight excluding hydrogens is 318 g/mol. The highest BCUT2D eigenvalue weighted by atomic mass is 16.3. The molecule has 0 aliphatic rings. The Balaban J connectivity index is 1.70. The molecule has 3 rings (SSSR count). The third-order valence-electron chi connectivity index (χ3n) is 3.85. The molecule has 0 aliphatic heterocycles. The van der Waals surface area contributed by atoms with Crippen LogP contribution in [0.3, 0.4) is 0 Å². The van der Waals surface area contributed by atoms with Crippen molar-refractivity contribution in [1.82, 2.24) is 25.5 Å². The summed E-state index contributed by atoms with van der Waals surface area (Å²) in [5.41, 5.74) is 2.02. The van der Waals surface area contributed by atoms with Crippen molar-refractivity contribution in [3.63, 3.8) is 0 Å². The molecule has 0 bridgehead atoms. The molecule has 25 heavy (non-hydrogen) atoms. The van der Waals surface area contributed by atoms with Crippen LogP contribution in [-0.2, 0) is 6.54 Å². The molecule has 7 heteroatoms. The van der Waals surface area contributed by atoms with Crippen LogP contribution in [-0.4, -0.2) is 37.8 Å². The van der Waals surface area contributed by atoms with Gasteiger partial charge in [-0.1, -0.05) is 42.5 Å². The SMILES string of the molecule is CCn1nnnc1-c1cccc(C(=O)NCC(O)c2ccccc2)c1. The molecule has 7 nitrogen and oxygen atoms in total. The van der Waals surface area contributed by atoms with E-state index in [4.69, 9.17) is 0 Å². The van der Waals surface area contributed by atoms with Gasteiger partial charge in [-0.15, -0.1) is 5.10 Å². The summed E-state index contributed by atoms with van der Waals surface area (Å²) in [4.78, 5) is 12.4. The van der Waals surface area contributed by atoms with E-state index in [0.717, 1.165) is 11.1 Å². The highest BCUT2D eigenvalue weighted by molar-refractivity contribution is 5.95. The van der Waals surface area contributed by atoms with E-state index < -0.39 is 6.10 Å². The van der Waals surface area contributed by atoms with Crippen LogP contribution in [0.15, 0.2) is 54.6 Å². The molecule has 1 atom stereocenters. The number of nitrogens with zero attached hydrogens (tertiary/aromatic N) is 4. The summed E-state index contributed by atoms with van der Waals surface area (Å²) >= 11 is 0. The summed E-state index contributed by atoms with van der Waals surface area (Å²) < 4.78 is 1.66. The van der Waals surface area contributed by atoms with Gasteiger partial charge in [-0.3, -0.25) is 4.79 Å². The molecule has 1 unspecified atom stereocenters. The third-order valence-corrected chi connectivity index (χ3v) is 3.85. The number of carbonyl (C=O) groups is 1. The van der Waals surface area contributed by atoms with Crippen molar-refractivity contribution in [1.29, 1.82) is 0 Å². The number of hydrogen-bond donors (Lipinski definition) is 2. The first-order valence-electron chi connectivity index (χ1n) is 8.07. The highest BCUT2D eigenvalue weighted by Crippen LogP contribution is 2.17. The van der Waals surface area contributed by atoms with E-state index in [1.165, 1.54) is 0 Å². The van der Waals surface area contributed by atoms with Crippen LogP contribution in [0.4, 0.5) is 0 Å². The fraction of sp³-hybridized carbons (Fsp3) is 0.222. The Kier molecular flexibility index (Phi) is 5.15. The first-order valence-corrected chi connectivity index (χ1v) is 8.07. The van der Waals surface area contributed by atoms with Crippen molar-refractivity contribution in [2.75, 3.05) is 6.54 Å². The lowest BCUT2D eigenvalue weighted by atomic mass is 10.1. The first-order chi connectivity index (χ1) is 12.2. The van der Waals surface area contributed by atoms with Crippen LogP contribution in [0.5, 0.6) is 0 Å². The Bertz CT molecular complexity index is 847. The van der Waals surface area contributed by atoms with Crippen LogP contribution >= 0.6 is 0 Å². The van der Waals surface area contributed by atoms with Gasteiger partial charge >= 0.3 is 0 Å². The molecule has 0 saturated heterocycles. The van der Waals surface area contributed by atoms with Gasteiger partial charge in [0, 0.05) is 24.2 Å². The third kappa shape index (κ3) is 3.89. The number of aliphatic hydroxyl groups is 1. The van der Waals surface area contributed by atoms with E-state index in [9.17, 15) is 9.90 Å². The summed E-state index contributed by atoms with van der Waals surface area (Å²) in [5.74, 6) is 0.355. The predicted molar refractivity (Wildman–Crippen MR) is 92.7 cm³/mol. The molecule has 0 spiro atoms. The van der Waals surface area contributed by atoms with Gasteiger partial charge in [0.2, 0.25) is 0 Å². The summed E-state index contributed by atoms with van der Waals surface area (Å²) in [6.45, 7) is 2.73. The van der Waals surface area contributed by atoms with Gasteiger partial charge < -0.3 is 10.4 Å². The van der Waals surface area contributed by atoms with Crippen molar-refractivity contribution in [2.24, 2.45) is 0 Å². The van der Waals surface area contributed by atoms with Crippen LogP contribution in [0, 0.1) is 0 Å². The number of tetrazole rings is 1. The number of rotatable bonds is 6. The van der Waals surface area contributed by atoms with Crippen molar-refractivity contribution in [3.05, 3.63) is 65.7 Å². The first kappa shape index (κ1) is 16.8. The van der Waals surface area contributed by atoms with Crippen molar-refractivity contribution in [2.45, 2.75) is 19.6 Å². The van der Waals surface area contributed by atoms with E-state index in [1.54, 1.807) is 22.9 Å². The molecule has 3 aromatic rings. The molecule has 0 saturated carbocycles. The largest absolute Gasteiger partial charge is 0.387 e. The second-order valence-electron chi connectivity index (χ2n) is 5.54. The minimum absolute atomic E-state index is 0.139. The molecule has 0 aliphatic carbocycles. The maximum atomic E-state index is 12.4. The summed E-state index contributed by atoms with van der Waals surface area (Å²) in [6.07, 6.45) is -0.749. The second kappa shape index (κ2) is 7.67. The molecule has 128 valence electrons. The van der Waals surface area contributed by atoms with Gasteiger partial charge in [0.25, 0.3) is 5.91 Å². The van der Waals surface area contributed by atoms with E-state index in [0.29, 0.717) is 17.9 Å². The molecule has 1 amide bonds. The lowest BCUT2D eigenvalue weighted by molar-refractivity contribution is 0.0916. The molecule has 2 aromatic carbocycles. The average molecular weight is 337 g/mol. The fourth-order valence-electron chi connectivity index (χ4n) is 2.51. The number of aliphatic hydroxyl groups excluding tert-OH is 1. The number of carbonyl (C=O) groups excluding carboxylic acids is 1. The number of aromatic nitrogens is 4. The quantitative estimate of drug-likeness (QED) is 0.716. The van der Waals surface area contributed by atoms with Crippen LogP contribution in [0.1, 0.15) is 28.9 Å². The number of amides is 1. The standard InChI is InChI=1S/C18H19N5O2/c1-2-23-17(20-21-22-23)14-9-6-10-15(11-14)18(25)19-12-16(24)13-7-4-3-5-8-13/h3-11,16,24H,2,12H2,1H3,(H,19,25). The smallest absolute Gasteiger partial charge is 0.251 e. The lowest BCUT2D eigenvalue weighted by Crippen LogP contribution is -2.28. The average Bonchev–Trinajstić information content (AvgIpc) is 3.15. The zero-order chi connectivity index (χ0) is 17.6. The van der Waals surface area contributed by atoms with Crippen LogP contribution in [0.2, 0.25) is 0 Å². The molecule has 0 radical (unpaired) electrons. The maximum absolute atomic E-state index is 12.4. The van der Waals surface area contributed by atoms with E-state index in [2.05, 4.69) is 20.8 Å². The Hall–Kier alpha value is -3.06. The lowest BCUT2D eigenvalue weighted by Gasteiger charge is -2.12. The second-order valence-corrected chi connectivity index (χ2v) is 5.54. The van der Waals surface area contributed by atoms with Gasteiger partial charge in [-0.25, -0.2) is 4.68 Å². The van der Waals surface area contributed by atoms with Gasteiger partial charge in [-0.2, -0.15) is 0 Å². The molecule has 2 N–H and O–H groups in total. The van der Waals surface area contributed by atoms with Crippen molar-refractivity contribution < 1.29 is 9.90 Å². The van der Waals surface area contributed by atoms with Crippen LogP contribution < -0.4 is 5.32 Å². The zero-order valence-corrected chi connectivity index (χ0v) is 13.8. The van der Waals surface area contributed by atoms with Gasteiger partial charge in [0.1, 0.15) is 0 Å². The Morgan fingerprint density at radius 3 is 2.76 bits per heavy atom. The topological polar surface area (TPSA) is 92.9 Å². The number of aryl methyl sites for hydroxylation is 1. The Morgan fingerprint density at radius 1 is 1.20 bits per heavy atom. The van der Waals surface area contributed by atoms with E-state index >= 15 is 0 Å². The van der Waals surface area contributed by atoms with Crippen LogP contribution in [0.25, 0.3) is 11.4 Å². The highest BCUT2D eigenvalue weighted by Gasteiger charge is 2.13. The number of nitrogens with one attached hydrogen (secondary N) is 1. The normalized spacial score (nSPS) is 11.9. The van der Waals surface area contributed by atoms with Crippen molar-refractivity contribution >= 4 is 5.91 Å². The van der Waals surface area contributed by atoms with Gasteiger partial charge in [0.15, 0.2) is 5.82 Å². The fourth-order valence-corrected chi connectivity index (χ4v) is 2.51. The summed E-state index contributed by atoms with van der Waals surface area (Å²) in [7, 11) is 0. The zero-order valence-electron chi connectivity index (χ0n) is 13.8. The predicted octanol–water partition coefficient (Wildman–Crippen LogP) is 1.82. The number of benzene rings is 2. The minimum atomic E-state index is -0.749. The molecular formula is C18H19N5O2. The maximum Gasteiger partial charge on any atom is 0.251 e. The van der Waals surface area contributed by atoms with Gasteiger partial charge in [0.05, 0.1) is 6.10 Å². The monoisotopic (exact) mass is 337 g/mol. The molecule has 1 heterocycles. The molecule has 0 fully saturated rings. The molecule has 1 aromatic heterocycles.